The number of carbonyl (C=O) groups excluding carboxylic acids is 3. The second-order valence-electron chi connectivity index (χ2n) is 23.4. The van der Waals surface area contributed by atoms with Gasteiger partial charge in [0.15, 0.2) is 6.10 Å². The summed E-state index contributed by atoms with van der Waals surface area (Å²) in [6.07, 6.45) is 97.1. The Morgan fingerprint density at radius 3 is 0.807 bits per heavy atom. The van der Waals surface area contributed by atoms with Crippen molar-refractivity contribution in [1.29, 1.82) is 0 Å². The van der Waals surface area contributed by atoms with Gasteiger partial charge in [-0.2, -0.15) is 0 Å². The highest BCUT2D eigenvalue weighted by Crippen LogP contribution is 2.17. The van der Waals surface area contributed by atoms with Crippen LogP contribution in [-0.4, -0.2) is 37.2 Å². The average molecular weight is 1150 g/mol. The van der Waals surface area contributed by atoms with Crippen LogP contribution in [0.1, 0.15) is 342 Å². The van der Waals surface area contributed by atoms with Gasteiger partial charge in [-0.15, -0.1) is 0 Å². The summed E-state index contributed by atoms with van der Waals surface area (Å²) in [6, 6.07) is 0. The highest BCUT2D eigenvalue weighted by Gasteiger charge is 2.19. The molecule has 0 aromatic carbocycles. The molecule has 0 aliphatic heterocycles. The molecular formula is C77H132O6. The van der Waals surface area contributed by atoms with Crippen molar-refractivity contribution in [2.45, 2.75) is 348 Å². The van der Waals surface area contributed by atoms with E-state index in [0.717, 1.165) is 83.5 Å². The molecule has 0 rings (SSSR count). The molecule has 0 N–H and O–H groups in total. The van der Waals surface area contributed by atoms with Crippen molar-refractivity contribution in [3.05, 3.63) is 109 Å². The van der Waals surface area contributed by atoms with E-state index in [1.807, 2.05) is 6.08 Å². The summed E-state index contributed by atoms with van der Waals surface area (Å²) in [4.78, 5) is 38.4. The zero-order chi connectivity index (χ0) is 59.9. The van der Waals surface area contributed by atoms with Gasteiger partial charge in [0.25, 0.3) is 0 Å². The van der Waals surface area contributed by atoms with Crippen LogP contribution in [0.25, 0.3) is 0 Å². The lowest BCUT2D eigenvalue weighted by atomic mass is 10.0. The third-order valence-corrected chi connectivity index (χ3v) is 15.2. The van der Waals surface area contributed by atoms with Crippen LogP contribution < -0.4 is 0 Å². The molecule has 83 heavy (non-hydrogen) atoms. The minimum absolute atomic E-state index is 0.101. The Bertz CT molecular complexity index is 1660. The molecule has 6 heteroatoms. The van der Waals surface area contributed by atoms with Crippen molar-refractivity contribution in [2.75, 3.05) is 13.2 Å². The van der Waals surface area contributed by atoms with E-state index >= 15 is 0 Å². The average Bonchev–Trinajstić information content (AvgIpc) is 3.49. The van der Waals surface area contributed by atoms with Crippen LogP contribution in [0.3, 0.4) is 0 Å². The second-order valence-corrected chi connectivity index (χ2v) is 23.4. The lowest BCUT2D eigenvalue weighted by Gasteiger charge is -2.18. The Balaban J connectivity index is 4.31. The van der Waals surface area contributed by atoms with Gasteiger partial charge >= 0.3 is 17.9 Å². The third-order valence-electron chi connectivity index (χ3n) is 15.2. The Labute approximate surface area is 514 Å². The van der Waals surface area contributed by atoms with Gasteiger partial charge in [0, 0.05) is 19.3 Å². The van der Waals surface area contributed by atoms with Crippen molar-refractivity contribution in [3.8, 4) is 0 Å². The van der Waals surface area contributed by atoms with Gasteiger partial charge in [-0.05, 0) is 116 Å². The van der Waals surface area contributed by atoms with E-state index in [1.54, 1.807) is 0 Å². The smallest absolute Gasteiger partial charge is 0.306 e. The zero-order valence-electron chi connectivity index (χ0n) is 54.7. The normalized spacial score (nSPS) is 12.8. The summed E-state index contributed by atoms with van der Waals surface area (Å²) in [6.45, 7) is 6.47. The molecule has 476 valence electrons. The van der Waals surface area contributed by atoms with Crippen LogP contribution in [-0.2, 0) is 28.6 Å². The summed E-state index contributed by atoms with van der Waals surface area (Å²) in [5, 5.41) is 0. The van der Waals surface area contributed by atoms with Crippen LogP contribution in [0.2, 0.25) is 0 Å². The number of rotatable bonds is 64. The second kappa shape index (κ2) is 70.6. The largest absolute Gasteiger partial charge is 0.462 e. The Morgan fingerprint density at radius 1 is 0.253 bits per heavy atom. The molecule has 0 heterocycles. The molecular weight excluding hydrogens is 1020 g/mol. The first-order chi connectivity index (χ1) is 41.0. The number of hydrogen-bond donors (Lipinski definition) is 0. The van der Waals surface area contributed by atoms with Crippen LogP contribution in [0.4, 0.5) is 0 Å². The van der Waals surface area contributed by atoms with Gasteiger partial charge in [0.2, 0.25) is 0 Å². The van der Waals surface area contributed by atoms with Crippen LogP contribution in [0, 0.1) is 0 Å². The number of carbonyl (C=O) groups is 3. The van der Waals surface area contributed by atoms with Gasteiger partial charge in [0.1, 0.15) is 13.2 Å². The molecule has 0 aliphatic carbocycles. The van der Waals surface area contributed by atoms with Crippen LogP contribution in [0.15, 0.2) is 109 Å². The maximum atomic E-state index is 13.0. The first-order valence-corrected chi connectivity index (χ1v) is 35.4. The topological polar surface area (TPSA) is 78.9 Å². The number of unbranched alkanes of at least 4 members (excludes halogenated alkanes) is 35. The maximum Gasteiger partial charge on any atom is 0.306 e. The molecule has 0 aliphatic rings. The van der Waals surface area contributed by atoms with E-state index in [4.69, 9.17) is 14.2 Å². The predicted octanol–water partition coefficient (Wildman–Crippen LogP) is 24.6. The van der Waals surface area contributed by atoms with Crippen molar-refractivity contribution >= 4 is 17.9 Å². The quantitative estimate of drug-likeness (QED) is 0.0261. The molecule has 0 spiro atoms. The molecule has 1 unspecified atom stereocenters. The Kier molecular flexibility index (Phi) is 67.2. The number of allylic oxidation sites excluding steroid dienone is 18. The van der Waals surface area contributed by atoms with E-state index in [0.29, 0.717) is 19.3 Å². The van der Waals surface area contributed by atoms with E-state index in [9.17, 15) is 14.4 Å². The molecule has 0 fully saturated rings. The highest BCUT2D eigenvalue weighted by atomic mass is 16.6. The number of esters is 3. The van der Waals surface area contributed by atoms with Crippen LogP contribution >= 0.6 is 0 Å². The molecule has 0 bridgehead atoms. The van der Waals surface area contributed by atoms with E-state index in [-0.39, 0.29) is 37.5 Å². The molecule has 0 radical (unpaired) electrons. The standard InChI is InChI=1S/C77H132O6/c1-4-7-10-13-16-19-22-25-27-29-31-33-35-37-38-40-41-43-45-47-49-52-55-58-61-64-67-70-76(79)82-73-74(72-81-75(78)69-66-63-60-57-54-51-24-21-18-15-12-9-6-3)83-77(80)71-68-65-62-59-56-53-50-48-46-44-42-39-36-34-32-30-28-26-23-20-17-14-11-8-5-2/h9,12,18,21-23,25-26,29-32,35,37,51,54,60,63,74H,4-8,10-11,13-17,19-20,24,27-28,33-34,36,38-50,52-53,55-59,61-62,64-73H2,1-3H3/b12-9-,21-18-,25-22-,26-23-,31-29-,32-30-,37-35-,54-51-,63-60-. The van der Waals surface area contributed by atoms with Crippen molar-refractivity contribution in [1.82, 2.24) is 0 Å². The fourth-order valence-corrected chi connectivity index (χ4v) is 9.97. The van der Waals surface area contributed by atoms with Gasteiger partial charge in [-0.1, -0.05) is 316 Å². The molecule has 0 amide bonds. The molecule has 0 aromatic heterocycles. The van der Waals surface area contributed by atoms with Gasteiger partial charge in [-0.3, -0.25) is 14.4 Å². The lowest BCUT2D eigenvalue weighted by Crippen LogP contribution is -2.30. The fourth-order valence-electron chi connectivity index (χ4n) is 9.97. The van der Waals surface area contributed by atoms with Gasteiger partial charge in [-0.25, -0.2) is 0 Å². The minimum Gasteiger partial charge on any atom is -0.462 e. The van der Waals surface area contributed by atoms with E-state index in [2.05, 4.69) is 124 Å². The van der Waals surface area contributed by atoms with E-state index in [1.165, 1.54) is 212 Å². The van der Waals surface area contributed by atoms with Gasteiger partial charge < -0.3 is 14.2 Å². The Morgan fingerprint density at radius 2 is 0.494 bits per heavy atom. The fraction of sp³-hybridized carbons (Fsp3) is 0.727. The Hall–Kier alpha value is -3.93. The monoisotopic (exact) mass is 1150 g/mol. The minimum atomic E-state index is -0.811. The molecule has 6 nitrogen and oxygen atoms in total. The molecule has 1 atom stereocenters. The lowest BCUT2D eigenvalue weighted by molar-refractivity contribution is -0.166. The van der Waals surface area contributed by atoms with Crippen molar-refractivity contribution in [3.63, 3.8) is 0 Å². The first kappa shape index (κ1) is 79.1. The third kappa shape index (κ3) is 68.7. The highest BCUT2D eigenvalue weighted by molar-refractivity contribution is 5.71. The predicted molar refractivity (Wildman–Crippen MR) is 362 cm³/mol. The zero-order valence-corrected chi connectivity index (χ0v) is 54.7. The molecule has 0 aromatic rings. The summed E-state index contributed by atoms with van der Waals surface area (Å²) in [5.41, 5.74) is 0. The first-order valence-electron chi connectivity index (χ1n) is 35.4. The maximum absolute atomic E-state index is 13.0. The van der Waals surface area contributed by atoms with Crippen LogP contribution in [0.5, 0.6) is 0 Å². The number of ether oxygens (including phenoxy) is 3. The number of hydrogen-bond acceptors (Lipinski definition) is 6. The van der Waals surface area contributed by atoms with Gasteiger partial charge in [0.05, 0.1) is 0 Å². The summed E-state index contributed by atoms with van der Waals surface area (Å²) >= 11 is 0. The summed E-state index contributed by atoms with van der Waals surface area (Å²) in [7, 11) is 0. The molecule has 0 saturated carbocycles. The summed E-state index contributed by atoms with van der Waals surface area (Å²) < 4.78 is 16.9. The molecule has 0 saturated heterocycles. The van der Waals surface area contributed by atoms with Crippen molar-refractivity contribution < 1.29 is 28.6 Å². The van der Waals surface area contributed by atoms with E-state index < -0.39 is 6.10 Å². The van der Waals surface area contributed by atoms with Crippen molar-refractivity contribution in [2.24, 2.45) is 0 Å². The SMILES string of the molecule is CC/C=C\C/C=C\C/C=C\C/C=C\CCC(=O)OCC(COC(=O)CCCCCCCCCCCCCC/C=C\C/C=C\C/C=C\CCCCCCC)OC(=O)CCCCCCCCCCCCCCC/C=C\C/C=C\CCCCCCC. The summed E-state index contributed by atoms with van der Waals surface area (Å²) in [5.74, 6) is -0.976.